The van der Waals surface area contributed by atoms with Crippen LogP contribution in [0.4, 0.5) is 0 Å². The predicted octanol–water partition coefficient (Wildman–Crippen LogP) is -3.36. The Kier molecular flexibility index (Phi) is 20.0. The van der Waals surface area contributed by atoms with Crippen molar-refractivity contribution in [3.63, 3.8) is 0 Å². The van der Waals surface area contributed by atoms with Gasteiger partial charge in [0.15, 0.2) is 0 Å². The van der Waals surface area contributed by atoms with E-state index in [4.69, 9.17) is 5.26 Å². The molecule has 0 N–H and O–H groups in total. The van der Waals surface area contributed by atoms with Crippen LogP contribution in [0.1, 0.15) is 0 Å². The summed E-state index contributed by atoms with van der Waals surface area (Å²) in [7, 11) is 0. The van der Waals surface area contributed by atoms with Gasteiger partial charge in [0.2, 0.25) is 0 Å². The van der Waals surface area contributed by atoms with Crippen molar-refractivity contribution in [3.8, 4) is 4.97 Å². The van der Waals surface area contributed by atoms with Crippen molar-refractivity contribution in [2.24, 2.45) is 0 Å². The molecule has 16 valence electrons. The second-order valence-electron chi connectivity index (χ2n) is 0.0913. The van der Waals surface area contributed by atoms with Gasteiger partial charge in [0, 0.05) is 0 Å². The van der Waals surface area contributed by atoms with Crippen LogP contribution in [-0.2, 0) is 0 Å². The van der Waals surface area contributed by atoms with Gasteiger partial charge in [-0.25, -0.2) is 0 Å². The Balaban J connectivity index is 0. The SMILES string of the molecule is N#C[Se-].[Na+]. The summed E-state index contributed by atoms with van der Waals surface area (Å²) in [4.78, 5) is 1.62. The molecule has 0 aromatic heterocycles. The van der Waals surface area contributed by atoms with Gasteiger partial charge >= 0.3 is 55.8 Å². The zero-order valence-corrected chi connectivity index (χ0v) is 6.07. The minimum Gasteiger partial charge on any atom is 1.00 e. The molecule has 0 heterocycles. The Morgan fingerprint density at radius 3 is 1.75 bits per heavy atom. The van der Waals surface area contributed by atoms with Gasteiger partial charge in [0.1, 0.15) is 0 Å². The second-order valence-corrected chi connectivity index (χ2v) is 0.474. The number of nitrogens with zero attached hydrogens (tertiary/aromatic N) is 1. The van der Waals surface area contributed by atoms with E-state index in [0.717, 1.165) is 0 Å². The first-order chi connectivity index (χ1) is 1.41. The minimum absolute atomic E-state index is 0. The van der Waals surface area contributed by atoms with Crippen LogP contribution >= 0.6 is 0 Å². The first kappa shape index (κ1) is 8.89. The smallest absolute Gasteiger partial charge is 1.00 e. The molecule has 0 rings (SSSR count). The van der Waals surface area contributed by atoms with Crippen LogP contribution in [0.15, 0.2) is 0 Å². The minimum atomic E-state index is 0. The predicted molar refractivity (Wildman–Crippen MR) is 11.4 cm³/mol. The van der Waals surface area contributed by atoms with E-state index in [0.29, 0.717) is 0 Å². The summed E-state index contributed by atoms with van der Waals surface area (Å²) in [6, 6.07) is 0. The van der Waals surface area contributed by atoms with Gasteiger partial charge in [0.25, 0.3) is 0 Å². The molecule has 0 fully saturated rings. The van der Waals surface area contributed by atoms with Gasteiger partial charge in [-0.3, -0.25) is 0 Å². The van der Waals surface area contributed by atoms with Crippen molar-refractivity contribution < 1.29 is 29.6 Å². The summed E-state index contributed by atoms with van der Waals surface area (Å²) in [5.41, 5.74) is 0. The molecule has 0 aliphatic carbocycles. The van der Waals surface area contributed by atoms with Crippen LogP contribution in [0.25, 0.3) is 0 Å². The number of nitriles is 1. The molecule has 0 spiro atoms. The second kappa shape index (κ2) is 8.99. The maximum atomic E-state index is 7.26. The van der Waals surface area contributed by atoms with Crippen LogP contribution in [0, 0.1) is 10.2 Å². The summed E-state index contributed by atoms with van der Waals surface area (Å²) in [5.74, 6) is 0. The van der Waals surface area contributed by atoms with Crippen LogP contribution in [0.2, 0.25) is 0 Å². The Hall–Kier alpha value is 1.01. The van der Waals surface area contributed by atoms with Gasteiger partial charge in [-0.1, -0.05) is 0 Å². The number of rotatable bonds is 0. The number of hydrogen-bond donors (Lipinski definition) is 0. The van der Waals surface area contributed by atoms with E-state index in [-0.39, 0.29) is 29.6 Å². The topological polar surface area (TPSA) is 23.8 Å². The molecule has 1 nitrogen and oxygen atoms in total. The van der Waals surface area contributed by atoms with Crippen molar-refractivity contribution in [2.75, 3.05) is 0 Å². The fourth-order valence-electron chi connectivity index (χ4n) is 0. The molecule has 0 bridgehead atoms. The molecule has 0 aliphatic rings. The van der Waals surface area contributed by atoms with Crippen LogP contribution < -0.4 is 29.6 Å². The Morgan fingerprint density at radius 1 is 1.75 bits per heavy atom. The quantitative estimate of drug-likeness (QED) is 0.312. The zero-order chi connectivity index (χ0) is 2.71. The summed E-state index contributed by atoms with van der Waals surface area (Å²) < 4.78 is 0. The van der Waals surface area contributed by atoms with E-state index in [1.165, 1.54) is 0 Å². The fraction of sp³-hybridized carbons (Fsp3) is 0. The zero-order valence-electron chi connectivity index (χ0n) is 2.36. The molecular formula is CNNaSe. The first-order valence-corrected chi connectivity index (χ1v) is 1.28. The maximum absolute atomic E-state index is 7.26. The van der Waals surface area contributed by atoms with Crippen LogP contribution in [0.3, 0.4) is 0 Å². The largest absolute Gasteiger partial charge is 1.00 e. The van der Waals surface area contributed by atoms with Crippen LogP contribution in [0.5, 0.6) is 0 Å². The van der Waals surface area contributed by atoms with E-state index >= 15 is 0 Å². The maximum Gasteiger partial charge on any atom is 1.00 e. The molecule has 3 heteroatoms. The van der Waals surface area contributed by atoms with Crippen molar-refractivity contribution in [1.82, 2.24) is 0 Å². The standard InChI is InChI=1S/CHNSe.Na/c2-1-3;/h3H;/q;+1/p-1. The summed E-state index contributed by atoms with van der Waals surface area (Å²) >= 11 is 2.11. The third kappa shape index (κ3) is 11.9. The van der Waals surface area contributed by atoms with E-state index in [9.17, 15) is 0 Å². The van der Waals surface area contributed by atoms with Crippen LogP contribution in [-0.4, -0.2) is 16.0 Å². The molecule has 0 saturated carbocycles. The van der Waals surface area contributed by atoms with Gasteiger partial charge in [-0.15, -0.1) is 0 Å². The van der Waals surface area contributed by atoms with Crippen molar-refractivity contribution >= 4 is 16.0 Å². The molecule has 0 aromatic rings. The molecule has 0 radical (unpaired) electrons. The Bertz CT molecular complexity index is 29.5. The normalized spacial score (nSPS) is 1.75. The van der Waals surface area contributed by atoms with E-state index in [1.54, 1.807) is 4.97 Å². The van der Waals surface area contributed by atoms with E-state index < -0.39 is 0 Å². The molecule has 0 aliphatic heterocycles. The summed E-state index contributed by atoms with van der Waals surface area (Å²) in [6.07, 6.45) is 0. The monoisotopic (exact) mass is 129 g/mol. The van der Waals surface area contributed by atoms with Crippen molar-refractivity contribution in [1.29, 1.82) is 5.26 Å². The van der Waals surface area contributed by atoms with Gasteiger partial charge in [-0.05, 0) is 0 Å². The van der Waals surface area contributed by atoms with E-state index in [2.05, 4.69) is 16.0 Å². The van der Waals surface area contributed by atoms with Gasteiger partial charge < -0.3 is 0 Å². The third-order valence-corrected chi connectivity index (χ3v) is 0. The fourth-order valence-corrected chi connectivity index (χ4v) is 0. The molecule has 0 saturated heterocycles. The summed E-state index contributed by atoms with van der Waals surface area (Å²) in [6.45, 7) is 0. The van der Waals surface area contributed by atoms with E-state index in [1.807, 2.05) is 0 Å². The number of hydrogen-bond acceptors (Lipinski definition) is 1. The third-order valence-electron chi connectivity index (χ3n) is 0. The molecule has 0 aromatic carbocycles. The average molecular weight is 128 g/mol. The van der Waals surface area contributed by atoms with Gasteiger partial charge in [0.05, 0.1) is 0 Å². The molecule has 0 amide bonds. The Morgan fingerprint density at radius 2 is 1.75 bits per heavy atom. The molecule has 0 unspecified atom stereocenters. The summed E-state index contributed by atoms with van der Waals surface area (Å²) in [5, 5.41) is 7.26. The van der Waals surface area contributed by atoms with Gasteiger partial charge in [-0.2, -0.15) is 0 Å². The van der Waals surface area contributed by atoms with Crippen molar-refractivity contribution in [3.05, 3.63) is 0 Å². The molecule has 0 atom stereocenters. The molecule has 4 heavy (non-hydrogen) atoms. The molecular weight excluding hydrogens is 128 g/mol. The first-order valence-electron chi connectivity index (χ1n) is 0.428. The average Bonchev–Trinajstić information content (AvgIpc) is 0.918. The van der Waals surface area contributed by atoms with Crippen molar-refractivity contribution in [2.45, 2.75) is 0 Å². The Labute approximate surface area is 55.5 Å².